The van der Waals surface area contributed by atoms with E-state index in [1.54, 1.807) is 6.26 Å². The number of nitrogens with one attached hydrogen (secondary N) is 2. The summed E-state index contributed by atoms with van der Waals surface area (Å²) in [6.45, 7) is 8.41. The van der Waals surface area contributed by atoms with Gasteiger partial charge in [-0.15, -0.1) is 24.0 Å². The quantitative estimate of drug-likeness (QED) is 0.410. The summed E-state index contributed by atoms with van der Waals surface area (Å²) in [5, 5.41) is 6.81. The van der Waals surface area contributed by atoms with Crippen molar-refractivity contribution in [2.24, 2.45) is 10.9 Å². The third kappa shape index (κ3) is 6.71. The molecule has 0 amide bonds. The maximum atomic E-state index is 5.67. The van der Waals surface area contributed by atoms with Gasteiger partial charge < -0.3 is 15.1 Å². The minimum atomic E-state index is 0. The number of furan rings is 1. The molecule has 1 aliphatic heterocycles. The number of halogens is 1. The maximum Gasteiger partial charge on any atom is 0.191 e. The van der Waals surface area contributed by atoms with Crippen molar-refractivity contribution in [3.63, 3.8) is 0 Å². The Bertz CT molecular complexity index is 441. The summed E-state index contributed by atoms with van der Waals surface area (Å²) < 4.78 is 5.67. The number of hydrogen-bond acceptors (Lipinski definition) is 3. The average molecular weight is 434 g/mol. The zero-order chi connectivity index (χ0) is 15.8. The van der Waals surface area contributed by atoms with Crippen LogP contribution in [-0.4, -0.2) is 44.1 Å². The molecule has 2 N–H and O–H groups in total. The number of guanidine groups is 1. The van der Waals surface area contributed by atoms with Crippen molar-refractivity contribution >= 4 is 29.9 Å². The van der Waals surface area contributed by atoms with E-state index in [-0.39, 0.29) is 30.0 Å². The topological polar surface area (TPSA) is 52.8 Å². The molecule has 1 fully saturated rings. The molecule has 0 aromatic carbocycles. The smallest absolute Gasteiger partial charge is 0.191 e. The highest BCUT2D eigenvalue weighted by Crippen LogP contribution is 2.24. The summed E-state index contributed by atoms with van der Waals surface area (Å²) in [6, 6.07) is 4.32. The SMILES string of the molecule is CN=C(NCC(C)C)NCC(c1ccco1)N1CCCCC1.I. The van der Waals surface area contributed by atoms with Gasteiger partial charge in [0.05, 0.1) is 12.3 Å². The molecule has 1 aromatic rings. The summed E-state index contributed by atoms with van der Waals surface area (Å²) in [5.41, 5.74) is 0. The van der Waals surface area contributed by atoms with Gasteiger partial charge in [0.25, 0.3) is 0 Å². The van der Waals surface area contributed by atoms with Crippen molar-refractivity contribution < 1.29 is 4.42 Å². The Morgan fingerprint density at radius 1 is 1.22 bits per heavy atom. The highest BCUT2D eigenvalue weighted by molar-refractivity contribution is 14.0. The van der Waals surface area contributed by atoms with Crippen molar-refractivity contribution in [3.05, 3.63) is 24.2 Å². The summed E-state index contributed by atoms with van der Waals surface area (Å²) >= 11 is 0. The second-order valence-electron chi connectivity index (χ2n) is 6.36. The first-order chi connectivity index (χ1) is 10.7. The van der Waals surface area contributed by atoms with Crippen LogP contribution in [0, 0.1) is 5.92 Å². The highest BCUT2D eigenvalue weighted by Gasteiger charge is 2.24. The minimum absolute atomic E-state index is 0. The second-order valence-corrected chi connectivity index (χ2v) is 6.36. The van der Waals surface area contributed by atoms with Crippen LogP contribution in [0.25, 0.3) is 0 Å². The summed E-state index contributed by atoms with van der Waals surface area (Å²) in [6.07, 6.45) is 5.65. The lowest BCUT2D eigenvalue weighted by Gasteiger charge is -2.33. The zero-order valence-corrected chi connectivity index (χ0v) is 16.9. The van der Waals surface area contributed by atoms with Gasteiger partial charge >= 0.3 is 0 Å². The van der Waals surface area contributed by atoms with E-state index >= 15 is 0 Å². The van der Waals surface area contributed by atoms with Gasteiger partial charge in [-0.1, -0.05) is 20.3 Å². The first kappa shape index (κ1) is 20.3. The molecule has 132 valence electrons. The van der Waals surface area contributed by atoms with E-state index in [0.717, 1.165) is 37.9 Å². The maximum absolute atomic E-state index is 5.67. The molecule has 0 aliphatic carbocycles. The normalized spacial score (nSPS) is 17.7. The predicted molar refractivity (Wildman–Crippen MR) is 106 cm³/mol. The van der Waals surface area contributed by atoms with Crippen LogP contribution < -0.4 is 10.6 Å². The number of hydrogen-bond donors (Lipinski definition) is 2. The van der Waals surface area contributed by atoms with Crippen LogP contribution in [0.1, 0.15) is 44.9 Å². The molecule has 1 aliphatic rings. The monoisotopic (exact) mass is 434 g/mol. The average Bonchev–Trinajstić information content (AvgIpc) is 3.05. The summed E-state index contributed by atoms with van der Waals surface area (Å²) in [5.74, 6) is 2.50. The third-order valence-electron chi connectivity index (χ3n) is 4.07. The van der Waals surface area contributed by atoms with Gasteiger partial charge in [0.15, 0.2) is 5.96 Å². The molecule has 1 unspecified atom stereocenters. The van der Waals surface area contributed by atoms with Crippen LogP contribution in [-0.2, 0) is 0 Å². The Kier molecular flexibility index (Phi) is 9.62. The fraction of sp³-hybridized carbons (Fsp3) is 0.706. The van der Waals surface area contributed by atoms with Gasteiger partial charge in [-0.2, -0.15) is 0 Å². The molecule has 23 heavy (non-hydrogen) atoms. The van der Waals surface area contributed by atoms with Crippen molar-refractivity contribution in [1.29, 1.82) is 0 Å². The van der Waals surface area contributed by atoms with Gasteiger partial charge in [-0.05, 0) is 44.0 Å². The molecule has 0 radical (unpaired) electrons. The molecule has 0 bridgehead atoms. The molecule has 1 atom stereocenters. The van der Waals surface area contributed by atoms with E-state index in [0.29, 0.717) is 5.92 Å². The van der Waals surface area contributed by atoms with Crippen LogP contribution in [0.3, 0.4) is 0 Å². The Labute approximate surface area is 157 Å². The molecule has 2 heterocycles. The second kappa shape index (κ2) is 10.9. The van der Waals surface area contributed by atoms with Gasteiger partial charge in [0.2, 0.25) is 0 Å². The number of piperidine rings is 1. The number of aliphatic imine (C=N–C) groups is 1. The summed E-state index contributed by atoms with van der Waals surface area (Å²) in [4.78, 5) is 6.82. The lowest BCUT2D eigenvalue weighted by molar-refractivity contribution is 0.146. The van der Waals surface area contributed by atoms with E-state index < -0.39 is 0 Å². The van der Waals surface area contributed by atoms with E-state index in [4.69, 9.17) is 4.42 Å². The van der Waals surface area contributed by atoms with E-state index in [1.807, 2.05) is 13.1 Å². The molecular weight excluding hydrogens is 403 g/mol. The molecule has 1 aromatic heterocycles. The number of nitrogens with zero attached hydrogens (tertiary/aromatic N) is 2. The van der Waals surface area contributed by atoms with Crippen LogP contribution in [0.15, 0.2) is 27.8 Å². The lowest BCUT2D eigenvalue weighted by atomic mass is 10.1. The molecular formula is C17H31IN4O. The Balaban J connectivity index is 0.00000264. The number of likely N-dealkylation sites (tertiary alicyclic amines) is 1. The Hall–Kier alpha value is -0.760. The van der Waals surface area contributed by atoms with Gasteiger partial charge in [-0.3, -0.25) is 9.89 Å². The minimum Gasteiger partial charge on any atom is -0.468 e. The molecule has 5 nitrogen and oxygen atoms in total. The molecule has 2 rings (SSSR count). The number of rotatable bonds is 6. The third-order valence-corrected chi connectivity index (χ3v) is 4.07. The van der Waals surface area contributed by atoms with Crippen molar-refractivity contribution in [2.75, 3.05) is 33.2 Å². The predicted octanol–water partition coefficient (Wildman–Crippen LogP) is 3.25. The van der Waals surface area contributed by atoms with Gasteiger partial charge in [0, 0.05) is 20.1 Å². The molecule has 6 heteroatoms. The summed E-state index contributed by atoms with van der Waals surface area (Å²) in [7, 11) is 1.82. The lowest BCUT2D eigenvalue weighted by Crippen LogP contribution is -2.45. The molecule has 0 spiro atoms. The van der Waals surface area contributed by atoms with Crippen LogP contribution in [0.5, 0.6) is 0 Å². The van der Waals surface area contributed by atoms with Gasteiger partial charge in [-0.25, -0.2) is 0 Å². The van der Waals surface area contributed by atoms with Gasteiger partial charge in [0.1, 0.15) is 5.76 Å². The van der Waals surface area contributed by atoms with Crippen LogP contribution >= 0.6 is 24.0 Å². The first-order valence-electron chi connectivity index (χ1n) is 8.42. The van der Waals surface area contributed by atoms with Crippen molar-refractivity contribution in [1.82, 2.24) is 15.5 Å². The van der Waals surface area contributed by atoms with E-state index in [1.165, 1.54) is 19.3 Å². The van der Waals surface area contributed by atoms with E-state index in [9.17, 15) is 0 Å². The highest BCUT2D eigenvalue weighted by atomic mass is 127. The zero-order valence-electron chi connectivity index (χ0n) is 14.5. The van der Waals surface area contributed by atoms with E-state index in [2.05, 4.69) is 40.4 Å². The van der Waals surface area contributed by atoms with Crippen molar-refractivity contribution in [2.45, 2.75) is 39.2 Å². The molecule has 0 saturated carbocycles. The van der Waals surface area contributed by atoms with Crippen LogP contribution in [0.4, 0.5) is 0 Å². The van der Waals surface area contributed by atoms with Crippen molar-refractivity contribution in [3.8, 4) is 0 Å². The Morgan fingerprint density at radius 2 is 1.91 bits per heavy atom. The standard InChI is InChI=1S/C17H30N4O.HI/c1-14(2)12-19-17(18-3)20-13-15(16-8-7-11-22-16)21-9-5-4-6-10-21;/h7-8,11,14-15H,4-6,9-10,12-13H2,1-3H3,(H2,18,19,20);1H. The first-order valence-corrected chi connectivity index (χ1v) is 8.42. The molecule has 1 saturated heterocycles. The fourth-order valence-corrected chi connectivity index (χ4v) is 2.84. The largest absolute Gasteiger partial charge is 0.468 e. The fourth-order valence-electron chi connectivity index (χ4n) is 2.84. The van der Waals surface area contributed by atoms with Crippen LogP contribution in [0.2, 0.25) is 0 Å². The Morgan fingerprint density at radius 3 is 2.48 bits per heavy atom.